The molecule has 2 atom stereocenters. The predicted molar refractivity (Wildman–Crippen MR) is 95.6 cm³/mol. The molecule has 126 valence electrons. The van der Waals surface area contributed by atoms with Crippen LogP contribution in [0.4, 0.5) is 0 Å². The van der Waals surface area contributed by atoms with Gasteiger partial charge in [-0.25, -0.2) is 0 Å². The van der Waals surface area contributed by atoms with Gasteiger partial charge in [0.2, 0.25) is 0 Å². The average molecular weight is 446 g/mol. The van der Waals surface area contributed by atoms with Crippen molar-refractivity contribution in [2.75, 3.05) is 0 Å². The van der Waals surface area contributed by atoms with E-state index < -0.39 is 52.8 Å². The minimum absolute atomic E-state index is 0.504. The zero-order valence-corrected chi connectivity index (χ0v) is 20.1. The van der Waals surface area contributed by atoms with E-state index >= 15 is 0 Å². The number of hydrogen-bond acceptors (Lipinski definition) is 3. The molecule has 0 bridgehead atoms. The molecule has 0 aromatic heterocycles. The minimum atomic E-state index is -2.62. The van der Waals surface area contributed by atoms with Gasteiger partial charge >= 0.3 is 145 Å². The summed E-state index contributed by atoms with van der Waals surface area (Å²) in [4.78, 5) is 21.7. The van der Waals surface area contributed by atoms with Crippen molar-refractivity contribution in [2.24, 2.45) is 11.8 Å². The third-order valence-corrected chi connectivity index (χ3v) is 12.0. The van der Waals surface area contributed by atoms with E-state index in [4.69, 9.17) is 14.7 Å². The van der Waals surface area contributed by atoms with Gasteiger partial charge in [0, 0.05) is 0 Å². The van der Waals surface area contributed by atoms with Crippen molar-refractivity contribution in [1.82, 2.24) is 0 Å². The molecule has 0 rings (SSSR count). The van der Waals surface area contributed by atoms with E-state index in [1.54, 1.807) is 1.78 Å². The Morgan fingerprint density at radius 3 is 1.33 bits per heavy atom. The quantitative estimate of drug-likeness (QED) is 0.287. The Kier molecular flexibility index (Phi) is 23.8. The van der Waals surface area contributed by atoms with Crippen LogP contribution in [0.2, 0.25) is 1.78 Å². The summed E-state index contributed by atoms with van der Waals surface area (Å²) < 4.78 is 3.41. The van der Waals surface area contributed by atoms with Crippen LogP contribution in [-0.2, 0) is 0 Å². The first kappa shape index (κ1) is 25.1. The maximum Gasteiger partial charge on any atom is 0.324 e. The van der Waals surface area contributed by atoms with E-state index in [2.05, 4.69) is 27.7 Å². The summed E-state index contributed by atoms with van der Waals surface area (Å²) in [5.41, 5.74) is 0. The second-order valence-electron chi connectivity index (χ2n) is 6.03. The SMILES string of the molecule is CCCCC(CC)[CH2][Ba][CH2]C(CC)CCCC.OP(O)O. The molecule has 0 spiro atoms. The third-order valence-electron chi connectivity index (χ3n) is 4.31. The Morgan fingerprint density at radius 2 is 1.10 bits per heavy atom. The van der Waals surface area contributed by atoms with Crippen molar-refractivity contribution in [1.29, 1.82) is 0 Å². The first-order chi connectivity index (χ1) is 10.0. The molecule has 21 heavy (non-hydrogen) atoms. The van der Waals surface area contributed by atoms with Crippen molar-refractivity contribution in [3.63, 3.8) is 0 Å². The Hall–Kier alpha value is 1.88. The summed E-state index contributed by atoms with van der Waals surface area (Å²) in [5, 5.41) is 0. The molecule has 0 radical (unpaired) electrons. The van der Waals surface area contributed by atoms with Crippen LogP contribution >= 0.6 is 8.60 Å². The molecule has 3 N–H and O–H groups in total. The smallest absolute Gasteiger partial charge is 0.324 e. The third kappa shape index (κ3) is 21.9. The normalized spacial score (nSPS) is 13.3. The molecule has 0 saturated carbocycles. The monoisotopic (exact) mass is 446 g/mol. The van der Waals surface area contributed by atoms with Crippen LogP contribution < -0.4 is 0 Å². The summed E-state index contributed by atoms with van der Waals surface area (Å²) in [7, 11) is -2.62. The molecule has 0 aromatic carbocycles. The fourth-order valence-corrected chi connectivity index (χ4v) is 11.5. The van der Waals surface area contributed by atoms with Crippen LogP contribution in [0.1, 0.15) is 79.1 Å². The van der Waals surface area contributed by atoms with Crippen molar-refractivity contribution in [3.05, 3.63) is 0 Å². The molecule has 5 heteroatoms. The van der Waals surface area contributed by atoms with Crippen LogP contribution in [0.15, 0.2) is 0 Å². The fourth-order valence-electron chi connectivity index (χ4n) is 2.79. The zero-order valence-electron chi connectivity index (χ0n) is 14.7. The molecule has 0 aliphatic carbocycles. The van der Waals surface area contributed by atoms with Crippen molar-refractivity contribution >= 4 is 52.8 Å². The summed E-state index contributed by atoms with van der Waals surface area (Å²) in [5.74, 6) is 2.22. The van der Waals surface area contributed by atoms with Gasteiger partial charge in [0.25, 0.3) is 0 Å². The Morgan fingerprint density at radius 1 is 0.762 bits per heavy atom. The molecule has 0 heterocycles. The van der Waals surface area contributed by atoms with Crippen molar-refractivity contribution < 1.29 is 14.7 Å². The largest absolute Gasteiger partial charge is 0.328 e. The van der Waals surface area contributed by atoms with Crippen molar-refractivity contribution in [2.45, 2.75) is 80.8 Å². The summed E-state index contributed by atoms with van der Waals surface area (Å²) in [6.45, 7) is 9.47. The minimum Gasteiger partial charge on any atom is -0.328 e. The zero-order chi connectivity index (χ0) is 16.5. The second kappa shape index (κ2) is 19.9. The Bertz CT molecular complexity index is 176. The molecular formula is C16H37BaO3P. The molecule has 3 nitrogen and oxygen atoms in total. The van der Waals surface area contributed by atoms with Gasteiger partial charge in [-0.2, -0.15) is 0 Å². The molecule has 0 saturated heterocycles. The molecule has 0 aromatic rings. The van der Waals surface area contributed by atoms with Gasteiger partial charge in [-0.1, -0.05) is 0 Å². The first-order valence-electron chi connectivity index (χ1n) is 8.88. The van der Waals surface area contributed by atoms with Gasteiger partial charge < -0.3 is 14.7 Å². The van der Waals surface area contributed by atoms with Crippen molar-refractivity contribution in [3.8, 4) is 0 Å². The standard InChI is InChI=1S/2C8H17.Ba.H3O3P/c2*1-4-6-7-8(3)5-2;;1-4(2)3/h2*8H,3-7H2,1-2H3;;1-3H. The maximum absolute atomic E-state index is 7.23. The molecule has 0 aliphatic heterocycles. The number of rotatable bonds is 12. The molecule has 0 fully saturated rings. The van der Waals surface area contributed by atoms with Gasteiger partial charge in [0.05, 0.1) is 0 Å². The molecule has 2 unspecified atom stereocenters. The fraction of sp³-hybridized carbons (Fsp3) is 1.00. The van der Waals surface area contributed by atoms with E-state index in [0.717, 1.165) is 11.8 Å². The van der Waals surface area contributed by atoms with Crippen LogP contribution in [-0.4, -0.2) is 58.9 Å². The predicted octanol–water partition coefficient (Wildman–Crippen LogP) is 5.15. The van der Waals surface area contributed by atoms with Gasteiger partial charge in [-0.05, 0) is 0 Å². The van der Waals surface area contributed by atoms with Crippen LogP contribution in [0.3, 0.4) is 0 Å². The van der Waals surface area contributed by atoms with Gasteiger partial charge in [-0.15, -0.1) is 0 Å². The van der Waals surface area contributed by atoms with Gasteiger partial charge in [0.15, 0.2) is 0 Å². The number of hydrogen-bond donors (Lipinski definition) is 3. The summed E-state index contributed by atoms with van der Waals surface area (Å²) in [6.07, 6.45) is 11.7. The molecule has 0 amide bonds. The van der Waals surface area contributed by atoms with Crippen LogP contribution in [0, 0.1) is 11.8 Å². The topological polar surface area (TPSA) is 60.7 Å². The molecular weight excluding hydrogens is 408 g/mol. The second-order valence-corrected chi connectivity index (χ2v) is 12.4. The van der Waals surface area contributed by atoms with E-state index in [1.165, 1.54) is 51.4 Å². The van der Waals surface area contributed by atoms with Gasteiger partial charge in [-0.3, -0.25) is 0 Å². The van der Waals surface area contributed by atoms with E-state index in [1.807, 2.05) is 0 Å². The Balaban J connectivity index is 0. The number of unbranched alkanes of at least 4 members (excludes halogenated alkanes) is 2. The maximum atomic E-state index is 7.23. The summed E-state index contributed by atoms with van der Waals surface area (Å²) >= 11 is -0.504. The summed E-state index contributed by atoms with van der Waals surface area (Å²) in [6, 6.07) is 0. The van der Waals surface area contributed by atoms with Crippen LogP contribution in [0.25, 0.3) is 0 Å². The van der Waals surface area contributed by atoms with Crippen LogP contribution in [0.5, 0.6) is 0 Å². The first-order valence-corrected chi connectivity index (χ1v) is 16.4. The molecule has 0 aliphatic rings. The average Bonchev–Trinajstić information content (AvgIpc) is 2.45. The van der Waals surface area contributed by atoms with Gasteiger partial charge in [0.1, 0.15) is 0 Å². The van der Waals surface area contributed by atoms with E-state index in [0.29, 0.717) is 0 Å². The van der Waals surface area contributed by atoms with E-state index in [-0.39, 0.29) is 0 Å². The Labute approximate surface area is 158 Å². The van der Waals surface area contributed by atoms with E-state index in [9.17, 15) is 0 Å².